The van der Waals surface area contributed by atoms with Gasteiger partial charge in [-0.05, 0) is 55.2 Å². The van der Waals surface area contributed by atoms with Gasteiger partial charge in [-0.1, -0.05) is 24.3 Å². The van der Waals surface area contributed by atoms with Gasteiger partial charge in [0.25, 0.3) is 5.91 Å². The molecule has 1 aliphatic heterocycles. The van der Waals surface area contributed by atoms with Crippen molar-refractivity contribution in [3.05, 3.63) is 65.2 Å². The maximum absolute atomic E-state index is 12.4. The predicted octanol–water partition coefficient (Wildman–Crippen LogP) is 3.66. The van der Waals surface area contributed by atoms with Gasteiger partial charge in [0.1, 0.15) is 0 Å². The Kier molecular flexibility index (Phi) is 6.85. The smallest absolute Gasteiger partial charge is 0.251 e. The van der Waals surface area contributed by atoms with Gasteiger partial charge in [0.2, 0.25) is 0 Å². The zero-order valence-corrected chi connectivity index (χ0v) is 15.4. The van der Waals surface area contributed by atoms with Crippen molar-refractivity contribution in [3.8, 4) is 0 Å². The van der Waals surface area contributed by atoms with Crippen molar-refractivity contribution in [2.45, 2.75) is 32.4 Å². The molecule has 0 radical (unpaired) electrons. The van der Waals surface area contributed by atoms with E-state index in [1.807, 2.05) is 31.2 Å². The Bertz CT molecular complexity index is 696. The van der Waals surface area contributed by atoms with Crippen LogP contribution in [-0.4, -0.2) is 19.0 Å². The molecule has 0 bridgehead atoms. The number of nitrogens with one attached hydrogen (secondary N) is 1. The molecule has 5 heteroatoms. The first-order valence-corrected chi connectivity index (χ1v) is 8.62. The van der Waals surface area contributed by atoms with Crippen molar-refractivity contribution < 1.29 is 4.79 Å². The number of carbonyl (C=O) groups is 1. The molecule has 0 saturated carbocycles. The highest BCUT2D eigenvalue weighted by molar-refractivity contribution is 5.94. The zero-order valence-electron chi connectivity index (χ0n) is 14.6. The number of nitrogens with two attached hydrogens (primary N) is 1. The minimum atomic E-state index is -0.0577. The monoisotopic (exact) mass is 359 g/mol. The fourth-order valence-corrected chi connectivity index (χ4v) is 3.12. The van der Waals surface area contributed by atoms with Crippen LogP contribution in [0.1, 0.15) is 47.3 Å². The van der Waals surface area contributed by atoms with E-state index in [1.165, 1.54) is 18.5 Å². The molecule has 1 saturated heterocycles. The Balaban J connectivity index is 0.00000225. The van der Waals surface area contributed by atoms with Crippen molar-refractivity contribution in [2.24, 2.45) is 5.73 Å². The minimum absolute atomic E-state index is 0. The van der Waals surface area contributed by atoms with E-state index in [4.69, 9.17) is 5.73 Å². The van der Waals surface area contributed by atoms with Gasteiger partial charge in [-0.3, -0.25) is 4.79 Å². The summed E-state index contributed by atoms with van der Waals surface area (Å²) < 4.78 is 0. The summed E-state index contributed by atoms with van der Waals surface area (Å²) in [6.07, 6.45) is 2.52. The first-order valence-electron chi connectivity index (χ1n) is 8.62. The van der Waals surface area contributed by atoms with E-state index in [0.29, 0.717) is 12.1 Å². The molecule has 134 valence electrons. The molecule has 2 aromatic rings. The molecule has 1 atom stereocenters. The molecule has 0 aromatic heterocycles. The molecule has 0 spiro atoms. The van der Waals surface area contributed by atoms with Gasteiger partial charge in [0, 0.05) is 30.9 Å². The van der Waals surface area contributed by atoms with Gasteiger partial charge in [-0.2, -0.15) is 0 Å². The molecule has 4 nitrogen and oxygen atoms in total. The van der Waals surface area contributed by atoms with E-state index >= 15 is 0 Å². The van der Waals surface area contributed by atoms with E-state index in [0.717, 1.165) is 24.2 Å². The number of hydrogen-bond acceptors (Lipinski definition) is 3. The van der Waals surface area contributed by atoms with Gasteiger partial charge in [-0.15, -0.1) is 12.4 Å². The van der Waals surface area contributed by atoms with E-state index in [1.54, 1.807) is 0 Å². The summed E-state index contributed by atoms with van der Waals surface area (Å²) in [6.45, 7) is 4.76. The van der Waals surface area contributed by atoms with Gasteiger partial charge in [0.05, 0.1) is 6.04 Å². The highest BCUT2D eigenvalue weighted by Gasteiger charge is 2.15. The fraction of sp³-hybridized carbons (Fsp3) is 0.350. The second kappa shape index (κ2) is 8.88. The predicted molar refractivity (Wildman–Crippen MR) is 105 cm³/mol. The number of benzene rings is 2. The Labute approximate surface area is 155 Å². The standard InChI is InChI=1S/C20H25N3O.ClH/c1-15(22-20(24)17-9-7-16(14-21)8-10-17)18-5-4-6-19(13-18)23-11-2-3-12-23;/h4-10,13,15H,2-3,11-12,14,21H2,1H3,(H,22,24);1H. The largest absolute Gasteiger partial charge is 0.372 e. The summed E-state index contributed by atoms with van der Waals surface area (Å²) >= 11 is 0. The summed E-state index contributed by atoms with van der Waals surface area (Å²) in [6, 6.07) is 15.9. The maximum atomic E-state index is 12.4. The summed E-state index contributed by atoms with van der Waals surface area (Å²) in [5.74, 6) is -0.0577. The SMILES string of the molecule is CC(NC(=O)c1ccc(CN)cc1)c1cccc(N2CCCC2)c1.Cl. The number of carbonyl (C=O) groups excluding carboxylic acids is 1. The van der Waals surface area contributed by atoms with E-state index in [9.17, 15) is 4.79 Å². The summed E-state index contributed by atoms with van der Waals surface area (Å²) in [4.78, 5) is 14.8. The molecule has 0 aliphatic carbocycles. The van der Waals surface area contributed by atoms with Crippen LogP contribution in [0, 0.1) is 0 Å². The molecule has 1 aliphatic rings. The lowest BCUT2D eigenvalue weighted by molar-refractivity contribution is 0.0940. The minimum Gasteiger partial charge on any atom is -0.372 e. The molecule has 1 fully saturated rings. The highest BCUT2D eigenvalue weighted by atomic mass is 35.5. The second-order valence-electron chi connectivity index (χ2n) is 6.39. The van der Waals surface area contributed by atoms with Crippen molar-refractivity contribution in [1.82, 2.24) is 5.32 Å². The molecule has 1 unspecified atom stereocenters. The Hall–Kier alpha value is -2.04. The van der Waals surface area contributed by atoms with Crippen LogP contribution in [0.5, 0.6) is 0 Å². The summed E-state index contributed by atoms with van der Waals surface area (Å²) in [7, 11) is 0. The third-order valence-corrected chi connectivity index (χ3v) is 4.64. The second-order valence-corrected chi connectivity index (χ2v) is 6.39. The fourth-order valence-electron chi connectivity index (χ4n) is 3.12. The average molecular weight is 360 g/mol. The molecule has 25 heavy (non-hydrogen) atoms. The number of nitrogens with zero attached hydrogens (tertiary/aromatic N) is 1. The highest BCUT2D eigenvalue weighted by Crippen LogP contribution is 2.24. The molecular formula is C20H26ClN3O. The van der Waals surface area contributed by atoms with Crippen molar-refractivity contribution in [2.75, 3.05) is 18.0 Å². The van der Waals surface area contributed by atoms with Crippen LogP contribution in [0.15, 0.2) is 48.5 Å². The van der Waals surface area contributed by atoms with E-state index < -0.39 is 0 Å². The van der Waals surface area contributed by atoms with Crippen LogP contribution in [0.2, 0.25) is 0 Å². The van der Waals surface area contributed by atoms with Crippen LogP contribution in [0.25, 0.3) is 0 Å². The topological polar surface area (TPSA) is 58.4 Å². The third-order valence-electron chi connectivity index (χ3n) is 4.64. The lowest BCUT2D eigenvalue weighted by Gasteiger charge is -2.20. The molecule has 1 amide bonds. The van der Waals surface area contributed by atoms with Crippen LogP contribution in [-0.2, 0) is 6.54 Å². The van der Waals surface area contributed by atoms with Crippen LogP contribution in [0.4, 0.5) is 5.69 Å². The van der Waals surface area contributed by atoms with E-state index in [-0.39, 0.29) is 24.4 Å². The zero-order chi connectivity index (χ0) is 16.9. The van der Waals surface area contributed by atoms with Gasteiger partial charge in [0.15, 0.2) is 0 Å². The Morgan fingerprint density at radius 3 is 2.48 bits per heavy atom. The molecule has 3 N–H and O–H groups in total. The van der Waals surface area contributed by atoms with Crippen LogP contribution >= 0.6 is 12.4 Å². The van der Waals surface area contributed by atoms with Crippen LogP contribution in [0.3, 0.4) is 0 Å². The normalized spacial score (nSPS) is 14.7. The summed E-state index contributed by atoms with van der Waals surface area (Å²) in [5.41, 5.74) is 9.66. The lowest BCUT2D eigenvalue weighted by atomic mass is 10.1. The average Bonchev–Trinajstić information content (AvgIpc) is 3.16. The third kappa shape index (κ3) is 4.74. The van der Waals surface area contributed by atoms with Gasteiger partial charge in [-0.25, -0.2) is 0 Å². The molecule has 2 aromatic carbocycles. The molecule has 1 heterocycles. The van der Waals surface area contributed by atoms with Crippen LogP contribution < -0.4 is 16.0 Å². The Morgan fingerprint density at radius 1 is 1.16 bits per heavy atom. The first kappa shape index (κ1) is 19.3. The van der Waals surface area contributed by atoms with Crippen molar-refractivity contribution >= 4 is 24.0 Å². The molecule has 3 rings (SSSR count). The number of anilines is 1. The number of halogens is 1. The van der Waals surface area contributed by atoms with E-state index in [2.05, 4.69) is 34.5 Å². The van der Waals surface area contributed by atoms with Crippen molar-refractivity contribution in [1.29, 1.82) is 0 Å². The lowest BCUT2D eigenvalue weighted by Crippen LogP contribution is -2.27. The van der Waals surface area contributed by atoms with Gasteiger partial charge < -0.3 is 16.0 Å². The number of rotatable bonds is 5. The van der Waals surface area contributed by atoms with Crippen molar-refractivity contribution in [3.63, 3.8) is 0 Å². The van der Waals surface area contributed by atoms with Gasteiger partial charge >= 0.3 is 0 Å². The number of hydrogen-bond donors (Lipinski definition) is 2. The number of amides is 1. The molecular weight excluding hydrogens is 334 g/mol. The summed E-state index contributed by atoms with van der Waals surface area (Å²) in [5, 5.41) is 3.08. The maximum Gasteiger partial charge on any atom is 0.251 e. The quantitative estimate of drug-likeness (QED) is 0.856. The first-order chi connectivity index (χ1) is 11.7. The Morgan fingerprint density at radius 2 is 1.84 bits per heavy atom.